The van der Waals surface area contributed by atoms with Crippen molar-refractivity contribution in [2.45, 2.75) is 37.8 Å². The van der Waals surface area contributed by atoms with Crippen molar-refractivity contribution in [2.75, 3.05) is 20.8 Å². The minimum absolute atomic E-state index is 0.178. The molecule has 0 spiro atoms. The van der Waals surface area contributed by atoms with Crippen LogP contribution in [0, 0.1) is 0 Å². The highest BCUT2D eigenvalue weighted by atomic mass is 28.3. The molecule has 0 aliphatic rings. The smallest absolute Gasteiger partial charge is 0.324 e. The molecular weight excluding hydrogens is 196 g/mol. The van der Waals surface area contributed by atoms with Gasteiger partial charge < -0.3 is 20.3 Å². The van der Waals surface area contributed by atoms with Crippen molar-refractivity contribution in [3.05, 3.63) is 0 Å². The average Bonchev–Trinajstić information content (AvgIpc) is 2.04. The zero-order valence-corrected chi connectivity index (χ0v) is 10.9. The molecule has 0 aliphatic heterocycles. The van der Waals surface area contributed by atoms with Crippen LogP contribution in [0.1, 0.15) is 26.7 Å². The summed E-state index contributed by atoms with van der Waals surface area (Å²) < 4.78 is 10.7. The van der Waals surface area contributed by atoms with E-state index in [2.05, 4.69) is 0 Å². The van der Waals surface area contributed by atoms with E-state index in [1.165, 1.54) is 0 Å². The molecule has 1 atom stereocenters. The fourth-order valence-electron chi connectivity index (χ4n) is 1.71. The summed E-state index contributed by atoms with van der Waals surface area (Å²) >= 11 is 0. The highest BCUT2D eigenvalue weighted by Crippen LogP contribution is 2.25. The van der Waals surface area contributed by atoms with Crippen LogP contribution >= 0.6 is 0 Å². The van der Waals surface area contributed by atoms with Gasteiger partial charge in [0.15, 0.2) is 0 Å². The highest BCUT2D eigenvalue weighted by molar-refractivity contribution is 6.46. The first-order valence-electron chi connectivity index (χ1n) is 4.99. The molecule has 0 aromatic rings. The van der Waals surface area contributed by atoms with Crippen molar-refractivity contribution < 1.29 is 8.85 Å². The Labute approximate surface area is 88.8 Å². The standard InChI is InChI=1S/C9H24N2O2Si/c1-9(2,11)7-8(5-6-10)14(12-3)13-4/h8,14H,5-7,10-11H2,1-4H3. The quantitative estimate of drug-likeness (QED) is 0.607. The van der Waals surface area contributed by atoms with E-state index in [1.54, 1.807) is 14.2 Å². The predicted octanol–water partition coefficient (Wildman–Crippen LogP) is 0.346. The predicted molar refractivity (Wildman–Crippen MR) is 61.5 cm³/mol. The van der Waals surface area contributed by atoms with E-state index in [-0.39, 0.29) is 5.54 Å². The molecule has 0 amide bonds. The lowest BCUT2D eigenvalue weighted by Crippen LogP contribution is -2.39. The zero-order chi connectivity index (χ0) is 11.2. The second-order valence-corrected chi connectivity index (χ2v) is 6.99. The highest BCUT2D eigenvalue weighted by Gasteiger charge is 2.28. The van der Waals surface area contributed by atoms with E-state index in [1.807, 2.05) is 13.8 Å². The van der Waals surface area contributed by atoms with Crippen molar-refractivity contribution in [1.29, 1.82) is 0 Å². The summed E-state index contributed by atoms with van der Waals surface area (Å²) in [5, 5.41) is 0. The fourth-order valence-corrected chi connectivity index (χ4v) is 3.93. The second kappa shape index (κ2) is 6.52. The Morgan fingerprint density at radius 3 is 2.07 bits per heavy atom. The van der Waals surface area contributed by atoms with Crippen molar-refractivity contribution in [2.24, 2.45) is 11.5 Å². The van der Waals surface area contributed by atoms with Crippen molar-refractivity contribution in [1.82, 2.24) is 0 Å². The number of hydrogen-bond acceptors (Lipinski definition) is 4. The van der Waals surface area contributed by atoms with Crippen LogP contribution in [0.3, 0.4) is 0 Å². The molecule has 0 heterocycles. The first-order valence-corrected chi connectivity index (χ1v) is 6.60. The number of nitrogens with two attached hydrogens (primary N) is 2. The molecule has 0 rings (SSSR count). The van der Waals surface area contributed by atoms with Crippen LogP contribution < -0.4 is 11.5 Å². The molecule has 4 N–H and O–H groups in total. The van der Waals surface area contributed by atoms with Gasteiger partial charge in [-0.1, -0.05) is 0 Å². The van der Waals surface area contributed by atoms with Gasteiger partial charge in [0.2, 0.25) is 0 Å². The Hall–Kier alpha value is 0.0569. The molecule has 0 bridgehead atoms. The lowest BCUT2D eigenvalue weighted by Gasteiger charge is -2.28. The van der Waals surface area contributed by atoms with Crippen molar-refractivity contribution in [3.63, 3.8) is 0 Å². The molecule has 14 heavy (non-hydrogen) atoms. The third kappa shape index (κ3) is 5.72. The Morgan fingerprint density at radius 1 is 1.29 bits per heavy atom. The van der Waals surface area contributed by atoms with E-state index >= 15 is 0 Å². The van der Waals surface area contributed by atoms with E-state index in [4.69, 9.17) is 20.3 Å². The van der Waals surface area contributed by atoms with Gasteiger partial charge in [-0.3, -0.25) is 0 Å². The van der Waals surface area contributed by atoms with Gasteiger partial charge in [0.05, 0.1) is 0 Å². The normalized spacial score (nSPS) is 14.8. The van der Waals surface area contributed by atoms with Gasteiger partial charge in [0, 0.05) is 25.3 Å². The maximum Gasteiger partial charge on any atom is 0.324 e. The molecule has 0 aliphatic carbocycles. The third-order valence-corrected chi connectivity index (χ3v) is 4.44. The van der Waals surface area contributed by atoms with Gasteiger partial charge in [0.25, 0.3) is 0 Å². The van der Waals surface area contributed by atoms with Gasteiger partial charge in [-0.25, -0.2) is 0 Å². The molecule has 1 unspecified atom stereocenters. The van der Waals surface area contributed by atoms with Crippen LogP contribution in [0.2, 0.25) is 5.54 Å². The largest absolute Gasteiger partial charge is 0.400 e. The summed E-state index contributed by atoms with van der Waals surface area (Å²) in [6.45, 7) is 4.71. The molecule has 0 saturated carbocycles. The topological polar surface area (TPSA) is 70.5 Å². The summed E-state index contributed by atoms with van der Waals surface area (Å²) in [6.07, 6.45) is 1.84. The zero-order valence-electron chi connectivity index (χ0n) is 9.75. The van der Waals surface area contributed by atoms with Gasteiger partial charge in [-0.05, 0) is 33.2 Å². The Morgan fingerprint density at radius 2 is 1.79 bits per heavy atom. The van der Waals surface area contributed by atoms with Crippen LogP contribution in [0.4, 0.5) is 0 Å². The Kier molecular flexibility index (Phi) is 6.55. The van der Waals surface area contributed by atoms with Gasteiger partial charge in [-0.15, -0.1) is 0 Å². The first-order chi connectivity index (χ1) is 6.44. The lowest BCUT2D eigenvalue weighted by atomic mass is 9.98. The first kappa shape index (κ1) is 14.1. The van der Waals surface area contributed by atoms with Gasteiger partial charge >= 0.3 is 9.28 Å². The Balaban J connectivity index is 4.26. The van der Waals surface area contributed by atoms with E-state index in [0.29, 0.717) is 12.1 Å². The molecule has 86 valence electrons. The molecule has 0 aromatic heterocycles. The number of hydrogen-bond donors (Lipinski definition) is 2. The summed E-state index contributed by atoms with van der Waals surface area (Å²) in [7, 11) is 1.82. The summed E-state index contributed by atoms with van der Waals surface area (Å²) in [5.41, 5.74) is 11.8. The van der Waals surface area contributed by atoms with Crippen LogP contribution in [0.15, 0.2) is 0 Å². The molecule has 0 aromatic carbocycles. The van der Waals surface area contributed by atoms with Gasteiger partial charge in [0.1, 0.15) is 0 Å². The van der Waals surface area contributed by atoms with Gasteiger partial charge in [-0.2, -0.15) is 0 Å². The van der Waals surface area contributed by atoms with Crippen LogP contribution in [-0.2, 0) is 8.85 Å². The molecule has 0 radical (unpaired) electrons. The maximum atomic E-state index is 5.98. The van der Waals surface area contributed by atoms with Crippen LogP contribution in [-0.4, -0.2) is 35.6 Å². The minimum atomic E-state index is -1.58. The average molecular weight is 220 g/mol. The van der Waals surface area contributed by atoms with Crippen molar-refractivity contribution >= 4 is 9.28 Å². The Bertz CT molecular complexity index is 146. The fraction of sp³-hybridized carbons (Fsp3) is 1.00. The molecule has 0 saturated heterocycles. The molecule has 5 heteroatoms. The maximum absolute atomic E-state index is 5.98. The molecular formula is C9H24N2O2Si. The lowest BCUT2D eigenvalue weighted by molar-refractivity contribution is 0.252. The minimum Gasteiger partial charge on any atom is -0.400 e. The molecule has 0 fully saturated rings. The van der Waals surface area contributed by atoms with E-state index in [0.717, 1.165) is 12.8 Å². The monoisotopic (exact) mass is 220 g/mol. The SMILES string of the molecule is CO[SiH](OC)C(CCN)CC(C)(C)N. The molecule has 4 nitrogen and oxygen atoms in total. The van der Waals surface area contributed by atoms with Crippen LogP contribution in [0.25, 0.3) is 0 Å². The third-order valence-electron chi connectivity index (χ3n) is 2.18. The summed E-state index contributed by atoms with van der Waals surface area (Å²) in [4.78, 5) is 0. The second-order valence-electron chi connectivity index (χ2n) is 4.37. The van der Waals surface area contributed by atoms with E-state index < -0.39 is 9.28 Å². The van der Waals surface area contributed by atoms with Crippen LogP contribution in [0.5, 0.6) is 0 Å². The summed E-state index contributed by atoms with van der Waals surface area (Å²) in [6, 6.07) is 0. The van der Waals surface area contributed by atoms with Crippen molar-refractivity contribution in [3.8, 4) is 0 Å². The number of rotatable bonds is 7. The van der Waals surface area contributed by atoms with E-state index in [9.17, 15) is 0 Å². The summed E-state index contributed by atoms with van der Waals surface area (Å²) in [5.74, 6) is 0.